The zero-order chi connectivity index (χ0) is 20.8. The largest absolute Gasteiger partial charge is 0.513 e. The first-order valence-corrected chi connectivity index (χ1v) is 9.95. The van der Waals surface area contributed by atoms with Crippen LogP contribution in [-0.2, 0) is 21.0 Å². The summed E-state index contributed by atoms with van der Waals surface area (Å²) < 4.78 is 0. The van der Waals surface area contributed by atoms with Crippen LogP contribution in [0.5, 0.6) is 0 Å². The van der Waals surface area contributed by atoms with Crippen LogP contribution in [0.15, 0.2) is 48.4 Å². The minimum atomic E-state index is -0.442. The second-order valence-electron chi connectivity index (χ2n) is 6.87. The van der Waals surface area contributed by atoms with Crippen LogP contribution < -0.4 is 5.32 Å². The summed E-state index contributed by atoms with van der Waals surface area (Å²) in [4.78, 5) is 22.4. The number of hydrogen-bond donors (Lipinski definition) is 2. The third kappa shape index (κ3) is 5.00. The molecule has 6 heteroatoms. The van der Waals surface area contributed by atoms with Gasteiger partial charge in [0.1, 0.15) is 6.26 Å². The van der Waals surface area contributed by atoms with Crippen LogP contribution in [0.25, 0.3) is 17.2 Å². The van der Waals surface area contributed by atoms with Gasteiger partial charge < -0.3 is 10.4 Å². The Hall–Kier alpha value is -2.76. The Labute approximate surface area is 175 Å². The first kappa shape index (κ1) is 21.0. The average Bonchev–Trinajstić information content (AvgIpc) is 2.72. The van der Waals surface area contributed by atoms with E-state index >= 15 is 0 Å². The Bertz CT molecular complexity index is 948. The van der Waals surface area contributed by atoms with Crippen molar-refractivity contribution in [2.75, 3.05) is 11.9 Å². The Morgan fingerprint density at radius 1 is 1.24 bits per heavy atom. The normalized spacial score (nSPS) is 13.8. The second-order valence-corrected chi connectivity index (χ2v) is 7.30. The number of aliphatic hydroxyl groups is 1. The van der Waals surface area contributed by atoms with Crippen molar-refractivity contribution in [2.24, 2.45) is 0 Å². The molecule has 0 radical (unpaired) electrons. The molecule has 5 nitrogen and oxygen atoms in total. The molecule has 0 saturated carbocycles. The van der Waals surface area contributed by atoms with Crippen molar-refractivity contribution < 1.29 is 19.7 Å². The van der Waals surface area contributed by atoms with Crippen molar-refractivity contribution in [3.63, 3.8) is 0 Å². The molecule has 1 aliphatic heterocycles. The molecule has 0 spiro atoms. The molecule has 0 amide bonds. The quantitative estimate of drug-likeness (QED) is 0.253. The van der Waals surface area contributed by atoms with Crippen LogP contribution in [0.3, 0.4) is 0 Å². The van der Waals surface area contributed by atoms with Gasteiger partial charge in [0, 0.05) is 16.3 Å². The summed E-state index contributed by atoms with van der Waals surface area (Å²) in [6.07, 6.45) is 6.61. The third-order valence-electron chi connectivity index (χ3n) is 4.73. The Morgan fingerprint density at radius 2 is 2.00 bits per heavy atom. The molecular formula is C23H24ClNO4. The van der Waals surface area contributed by atoms with Crippen molar-refractivity contribution in [1.29, 1.82) is 0 Å². The van der Waals surface area contributed by atoms with E-state index in [9.17, 15) is 9.90 Å². The molecule has 0 fully saturated rings. The van der Waals surface area contributed by atoms with Crippen LogP contribution in [0, 0.1) is 6.92 Å². The van der Waals surface area contributed by atoms with Crippen molar-refractivity contribution in [3.8, 4) is 11.1 Å². The lowest BCUT2D eigenvalue weighted by molar-refractivity contribution is -0.272. The molecule has 0 aliphatic carbocycles. The number of unbranched alkanes of at least 4 members (excludes halogenated alkanes) is 1. The zero-order valence-electron chi connectivity index (χ0n) is 16.5. The monoisotopic (exact) mass is 413 g/mol. The number of rotatable bonds is 7. The number of anilines is 1. The van der Waals surface area contributed by atoms with Crippen molar-refractivity contribution in [1.82, 2.24) is 0 Å². The minimum Gasteiger partial charge on any atom is -0.513 e. The van der Waals surface area contributed by atoms with Crippen LogP contribution in [0.2, 0.25) is 5.02 Å². The van der Waals surface area contributed by atoms with Gasteiger partial charge in [0.15, 0.2) is 0 Å². The molecule has 2 N–H and O–H groups in total. The highest BCUT2D eigenvalue weighted by Crippen LogP contribution is 2.39. The van der Waals surface area contributed by atoms with E-state index in [1.165, 1.54) is 0 Å². The van der Waals surface area contributed by atoms with Gasteiger partial charge in [-0.15, -0.1) is 0 Å². The molecule has 0 atom stereocenters. The van der Waals surface area contributed by atoms with Crippen molar-refractivity contribution in [3.05, 3.63) is 70.1 Å². The molecule has 0 aromatic heterocycles. The van der Waals surface area contributed by atoms with E-state index in [0.717, 1.165) is 52.6 Å². The molecule has 152 valence electrons. The van der Waals surface area contributed by atoms with E-state index in [0.29, 0.717) is 17.3 Å². The molecular weight excluding hydrogens is 390 g/mol. The van der Waals surface area contributed by atoms with Gasteiger partial charge in [-0.05, 0) is 59.9 Å². The van der Waals surface area contributed by atoms with E-state index in [4.69, 9.17) is 21.4 Å². The topological polar surface area (TPSA) is 67.8 Å². The van der Waals surface area contributed by atoms with Crippen molar-refractivity contribution in [2.45, 2.75) is 33.1 Å². The smallest absolute Gasteiger partial charge is 0.346 e. The van der Waals surface area contributed by atoms with E-state index < -0.39 is 5.97 Å². The number of carbonyl (C=O) groups excluding carboxylic acids is 1. The third-order valence-corrected chi connectivity index (χ3v) is 4.98. The maximum atomic E-state index is 12.4. The summed E-state index contributed by atoms with van der Waals surface area (Å²) >= 11 is 6.07. The van der Waals surface area contributed by atoms with Crippen LogP contribution in [-0.4, -0.2) is 17.7 Å². The number of fused-ring (bicyclic) bond motifs is 1. The molecule has 0 saturated heterocycles. The highest BCUT2D eigenvalue weighted by Gasteiger charge is 2.21. The lowest BCUT2D eigenvalue weighted by Gasteiger charge is -2.23. The summed E-state index contributed by atoms with van der Waals surface area (Å²) in [6, 6.07) is 9.45. The van der Waals surface area contributed by atoms with Gasteiger partial charge in [0.05, 0.1) is 18.7 Å². The molecule has 0 bridgehead atoms. The second kappa shape index (κ2) is 9.63. The zero-order valence-corrected chi connectivity index (χ0v) is 17.3. The fourth-order valence-electron chi connectivity index (χ4n) is 3.26. The van der Waals surface area contributed by atoms with Gasteiger partial charge in [-0.25, -0.2) is 4.79 Å². The Kier molecular flexibility index (Phi) is 6.96. The number of hydrogen-bond acceptors (Lipinski definition) is 5. The predicted molar refractivity (Wildman–Crippen MR) is 116 cm³/mol. The lowest BCUT2D eigenvalue weighted by atomic mass is 9.87. The number of aliphatic hydroxyl groups excluding tert-OH is 1. The van der Waals surface area contributed by atoms with Gasteiger partial charge >= 0.3 is 5.97 Å². The average molecular weight is 414 g/mol. The Morgan fingerprint density at radius 3 is 2.69 bits per heavy atom. The lowest BCUT2D eigenvalue weighted by Crippen LogP contribution is -2.13. The predicted octanol–water partition coefficient (Wildman–Crippen LogP) is 5.97. The van der Waals surface area contributed by atoms with E-state index in [2.05, 4.69) is 5.32 Å². The van der Waals surface area contributed by atoms with Crippen LogP contribution in [0.1, 0.15) is 36.5 Å². The van der Waals surface area contributed by atoms with Gasteiger partial charge in [-0.3, -0.25) is 4.89 Å². The van der Waals surface area contributed by atoms with E-state index in [1.54, 1.807) is 6.08 Å². The molecule has 2 aromatic carbocycles. The summed E-state index contributed by atoms with van der Waals surface area (Å²) in [5.74, 6) is -0.442. The fourth-order valence-corrected chi connectivity index (χ4v) is 3.38. The standard InChI is InChI=1S/C23H24ClNO4/c1-3-4-11-28-29-22(27)13-20-15(2)12-21-19(10-9-18(14-26)25-21)23(20)16-5-7-17(24)8-6-16/h5-10,12,14,25-26H,3-4,11,13H2,1-2H3. The maximum absolute atomic E-state index is 12.4. The SMILES string of the molecule is CCCCOOC(=O)Cc1c(C)cc2c(c1-c1ccc(Cl)cc1)C=CC(=CO)N2. The number of nitrogens with one attached hydrogen (secondary N) is 1. The van der Waals surface area contributed by atoms with Gasteiger partial charge in [-0.1, -0.05) is 43.2 Å². The summed E-state index contributed by atoms with van der Waals surface area (Å²) in [7, 11) is 0. The molecule has 1 aliphatic rings. The van der Waals surface area contributed by atoms with E-state index in [-0.39, 0.29) is 6.42 Å². The molecule has 29 heavy (non-hydrogen) atoms. The summed E-state index contributed by atoms with van der Waals surface area (Å²) in [6.45, 7) is 4.37. The highest BCUT2D eigenvalue weighted by molar-refractivity contribution is 6.30. The first-order chi connectivity index (χ1) is 14.0. The number of carbonyl (C=O) groups is 1. The van der Waals surface area contributed by atoms with Gasteiger partial charge in [-0.2, -0.15) is 4.89 Å². The Balaban J connectivity index is 2.01. The highest BCUT2D eigenvalue weighted by atomic mass is 35.5. The fraction of sp³-hybridized carbons (Fsp3) is 0.261. The molecule has 2 aromatic rings. The van der Waals surface area contributed by atoms with Gasteiger partial charge in [0.2, 0.25) is 0 Å². The summed E-state index contributed by atoms with van der Waals surface area (Å²) in [5, 5.41) is 13.2. The number of halogens is 1. The number of benzene rings is 2. The van der Waals surface area contributed by atoms with Crippen LogP contribution in [0.4, 0.5) is 5.69 Å². The van der Waals surface area contributed by atoms with E-state index in [1.807, 2.05) is 50.3 Å². The molecule has 3 rings (SSSR count). The van der Waals surface area contributed by atoms with Gasteiger partial charge in [0.25, 0.3) is 0 Å². The van der Waals surface area contributed by atoms with Crippen LogP contribution >= 0.6 is 11.6 Å². The minimum absolute atomic E-state index is 0.0831. The number of allylic oxidation sites excluding steroid dienone is 1. The summed E-state index contributed by atoms with van der Waals surface area (Å²) in [5.41, 5.74) is 6.02. The van der Waals surface area contributed by atoms with Crippen molar-refractivity contribution >= 4 is 29.3 Å². The number of aryl methyl sites for hydroxylation is 1. The molecule has 0 unspecified atom stereocenters. The first-order valence-electron chi connectivity index (χ1n) is 9.57. The molecule has 1 heterocycles. The maximum Gasteiger partial charge on any atom is 0.346 e.